The molecule has 0 radical (unpaired) electrons. The number of rotatable bonds is 7. The van der Waals surface area contributed by atoms with E-state index in [2.05, 4.69) is 9.89 Å². The summed E-state index contributed by atoms with van der Waals surface area (Å²) in [5, 5.41) is 0. The molecule has 0 bridgehead atoms. The first-order valence-corrected chi connectivity index (χ1v) is 13.2. The van der Waals surface area contributed by atoms with Crippen LogP contribution in [0.25, 0.3) is 6.08 Å². The maximum atomic E-state index is 13.8. The van der Waals surface area contributed by atoms with E-state index in [4.69, 9.17) is 18.6 Å². The molecule has 5 rings (SSSR count). The Kier molecular flexibility index (Phi) is 7.29. The van der Waals surface area contributed by atoms with E-state index in [0.717, 1.165) is 19.0 Å². The minimum Gasteiger partial charge on any atom is -0.494 e. The Hall–Kier alpha value is -3.63. The number of thiazole rings is 1. The number of furan rings is 1. The van der Waals surface area contributed by atoms with Crippen molar-refractivity contribution in [2.24, 2.45) is 4.99 Å². The number of carbonyl (C=O) groups is 1. The molecule has 0 saturated carbocycles. The first kappa shape index (κ1) is 25.0. The van der Waals surface area contributed by atoms with Gasteiger partial charge in [-0.2, -0.15) is 0 Å². The molecule has 2 aromatic heterocycles. The van der Waals surface area contributed by atoms with Crippen LogP contribution in [0.3, 0.4) is 0 Å². The van der Waals surface area contributed by atoms with Gasteiger partial charge in [-0.3, -0.25) is 9.36 Å². The number of carbonyl (C=O) groups excluding carboxylic acids is 1. The number of esters is 1. The minimum atomic E-state index is -0.735. The van der Waals surface area contributed by atoms with Crippen LogP contribution in [-0.2, 0) is 14.3 Å². The number of hydrogen-bond acceptors (Lipinski definition) is 9. The summed E-state index contributed by atoms with van der Waals surface area (Å²) in [5.41, 5.74) is 1.26. The highest BCUT2D eigenvalue weighted by Crippen LogP contribution is 2.35. The molecule has 0 N–H and O–H groups in total. The summed E-state index contributed by atoms with van der Waals surface area (Å²) in [7, 11) is 0. The van der Waals surface area contributed by atoms with Gasteiger partial charge in [-0.05, 0) is 32.9 Å². The molecule has 9 nitrogen and oxygen atoms in total. The number of morpholine rings is 1. The lowest BCUT2D eigenvalue weighted by atomic mass is 9.95. The Labute approximate surface area is 217 Å². The van der Waals surface area contributed by atoms with Gasteiger partial charge in [0, 0.05) is 30.8 Å². The van der Waals surface area contributed by atoms with Crippen molar-refractivity contribution in [2.75, 3.05) is 44.4 Å². The molecule has 1 atom stereocenters. The number of benzene rings is 1. The molecule has 1 fully saturated rings. The number of para-hydroxylation sites is 1. The molecule has 0 unspecified atom stereocenters. The fourth-order valence-corrected chi connectivity index (χ4v) is 5.61. The summed E-state index contributed by atoms with van der Waals surface area (Å²) in [6, 6.07) is 10.4. The number of anilines is 1. The van der Waals surface area contributed by atoms with Crippen molar-refractivity contribution >= 4 is 29.3 Å². The molecule has 1 saturated heterocycles. The van der Waals surface area contributed by atoms with E-state index in [9.17, 15) is 9.59 Å². The largest absolute Gasteiger partial charge is 0.494 e. The van der Waals surface area contributed by atoms with Gasteiger partial charge in [0.15, 0.2) is 10.7 Å². The van der Waals surface area contributed by atoms with Crippen LogP contribution in [0.5, 0.6) is 5.75 Å². The molecular weight excluding hydrogens is 494 g/mol. The van der Waals surface area contributed by atoms with Crippen LogP contribution in [0.2, 0.25) is 0 Å². The first-order valence-electron chi connectivity index (χ1n) is 12.4. The second-order valence-electron chi connectivity index (χ2n) is 8.55. The van der Waals surface area contributed by atoms with Crippen LogP contribution in [0.1, 0.15) is 38.1 Å². The predicted octanol–water partition coefficient (Wildman–Crippen LogP) is 2.63. The molecule has 0 spiro atoms. The highest BCUT2D eigenvalue weighted by Gasteiger charge is 2.35. The Morgan fingerprint density at radius 2 is 1.95 bits per heavy atom. The van der Waals surface area contributed by atoms with Gasteiger partial charge in [0.1, 0.15) is 17.6 Å². The lowest BCUT2D eigenvalue weighted by Crippen LogP contribution is -2.40. The van der Waals surface area contributed by atoms with Crippen LogP contribution in [0.4, 0.5) is 5.88 Å². The second kappa shape index (κ2) is 10.8. The number of nitrogens with zero attached hydrogens (tertiary/aromatic N) is 3. The van der Waals surface area contributed by atoms with Crippen molar-refractivity contribution in [1.82, 2.24) is 4.57 Å². The van der Waals surface area contributed by atoms with Crippen molar-refractivity contribution in [3.8, 4) is 5.75 Å². The topological polar surface area (TPSA) is 95.5 Å². The van der Waals surface area contributed by atoms with E-state index < -0.39 is 12.0 Å². The molecule has 2 aliphatic rings. The standard InChI is InChI=1S/C27H29N3O6S/c1-4-34-20-9-7-6-8-19(20)24-23(26(32)35-5-2)17(3)28-27-30(24)25(31)21(37-27)16-18-10-11-22(36-18)29-12-14-33-15-13-29/h6-11,16,24H,4-5,12-15H2,1-3H3/b21-16-/t24-/m0/s1. The van der Waals surface area contributed by atoms with Crippen LogP contribution >= 0.6 is 11.3 Å². The molecule has 2 aliphatic heterocycles. The smallest absolute Gasteiger partial charge is 0.338 e. The van der Waals surface area contributed by atoms with Crippen molar-refractivity contribution in [3.05, 3.63) is 78.7 Å². The van der Waals surface area contributed by atoms with E-state index in [1.807, 2.05) is 43.3 Å². The summed E-state index contributed by atoms with van der Waals surface area (Å²) in [6.07, 6.45) is 1.72. The number of fused-ring (bicyclic) bond motifs is 1. The van der Waals surface area contributed by atoms with Crippen LogP contribution in [0.15, 0.2) is 61.9 Å². The van der Waals surface area contributed by atoms with Gasteiger partial charge >= 0.3 is 5.97 Å². The van der Waals surface area contributed by atoms with Crippen molar-refractivity contribution in [3.63, 3.8) is 0 Å². The van der Waals surface area contributed by atoms with E-state index in [1.54, 1.807) is 24.5 Å². The van der Waals surface area contributed by atoms with Crippen LogP contribution < -0.4 is 24.5 Å². The number of allylic oxidation sites excluding steroid dienone is 1. The maximum absolute atomic E-state index is 13.8. The van der Waals surface area contributed by atoms with E-state index in [-0.39, 0.29) is 12.2 Å². The second-order valence-corrected chi connectivity index (χ2v) is 9.56. The summed E-state index contributed by atoms with van der Waals surface area (Å²) in [6.45, 7) is 8.88. The van der Waals surface area contributed by atoms with Gasteiger partial charge in [-0.15, -0.1) is 0 Å². The highest BCUT2D eigenvalue weighted by molar-refractivity contribution is 7.07. The fourth-order valence-electron chi connectivity index (χ4n) is 4.58. The number of aromatic nitrogens is 1. The highest BCUT2D eigenvalue weighted by atomic mass is 32.1. The zero-order chi connectivity index (χ0) is 25.9. The zero-order valence-corrected chi connectivity index (χ0v) is 21.9. The van der Waals surface area contributed by atoms with Gasteiger partial charge in [0.05, 0.1) is 42.2 Å². The average molecular weight is 524 g/mol. The number of hydrogen-bond donors (Lipinski definition) is 0. The summed E-state index contributed by atoms with van der Waals surface area (Å²) in [4.78, 5) is 34.2. The van der Waals surface area contributed by atoms with Gasteiger partial charge in [0.25, 0.3) is 5.56 Å². The fraction of sp³-hybridized carbons (Fsp3) is 0.370. The Bertz CT molecular complexity index is 1510. The van der Waals surface area contributed by atoms with E-state index >= 15 is 0 Å². The molecule has 3 aromatic rings. The maximum Gasteiger partial charge on any atom is 0.338 e. The molecular formula is C27H29N3O6S. The van der Waals surface area contributed by atoms with E-state index in [1.165, 1.54) is 11.3 Å². The van der Waals surface area contributed by atoms with Crippen molar-refractivity contribution in [1.29, 1.82) is 0 Å². The Morgan fingerprint density at radius 1 is 1.16 bits per heavy atom. The molecule has 4 heterocycles. The SMILES string of the molecule is CCOC(=O)C1=C(C)N=c2s/c(=C\c3ccc(N4CCOCC4)o3)c(=O)n2[C@H]1c1ccccc1OCC. The van der Waals surface area contributed by atoms with Gasteiger partial charge < -0.3 is 23.5 Å². The van der Waals surface area contributed by atoms with Crippen LogP contribution in [-0.4, -0.2) is 50.1 Å². The monoisotopic (exact) mass is 523 g/mol. The normalized spacial score (nSPS) is 18.0. The molecule has 0 aliphatic carbocycles. The summed E-state index contributed by atoms with van der Waals surface area (Å²) >= 11 is 1.26. The van der Waals surface area contributed by atoms with Crippen molar-refractivity contribution in [2.45, 2.75) is 26.8 Å². The van der Waals surface area contributed by atoms with Crippen LogP contribution in [0, 0.1) is 0 Å². The molecule has 37 heavy (non-hydrogen) atoms. The van der Waals surface area contributed by atoms with E-state index in [0.29, 0.717) is 57.5 Å². The third-order valence-corrected chi connectivity index (χ3v) is 7.22. The number of ether oxygens (including phenoxy) is 3. The van der Waals surface area contributed by atoms with Gasteiger partial charge in [-0.25, -0.2) is 9.79 Å². The summed E-state index contributed by atoms with van der Waals surface area (Å²) in [5.74, 6) is 1.41. The zero-order valence-electron chi connectivity index (χ0n) is 21.1. The third kappa shape index (κ3) is 4.86. The lowest BCUT2D eigenvalue weighted by molar-refractivity contribution is -0.139. The predicted molar refractivity (Wildman–Crippen MR) is 140 cm³/mol. The third-order valence-electron chi connectivity index (χ3n) is 6.24. The average Bonchev–Trinajstić information content (AvgIpc) is 3.49. The summed E-state index contributed by atoms with van der Waals surface area (Å²) < 4.78 is 24.7. The Morgan fingerprint density at radius 3 is 2.70 bits per heavy atom. The molecule has 1 aromatic carbocycles. The van der Waals surface area contributed by atoms with Crippen molar-refractivity contribution < 1.29 is 23.4 Å². The molecule has 10 heteroatoms. The van der Waals surface area contributed by atoms with Gasteiger partial charge in [-0.1, -0.05) is 29.5 Å². The minimum absolute atomic E-state index is 0.212. The van der Waals surface area contributed by atoms with Gasteiger partial charge in [0.2, 0.25) is 0 Å². The quantitative estimate of drug-likeness (QED) is 0.440. The first-order chi connectivity index (χ1) is 18.0. The Balaban J connectivity index is 1.63. The molecule has 0 amide bonds. The lowest BCUT2D eigenvalue weighted by Gasteiger charge is -2.26. The molecule has 194 valence electrons.